The van der Waals surface area contributed by atoms with Gasteiger partial charge in [-0.05, 0) is 24.8 Å². The van der Waals surface area contributed by atoms with E-state index in [1.165, 1.54) is 5.56 Å². The maximum atomic E-state index is 4.43. The maximum Gasteiger partial charge on any atom is 0.164 e. The fourth-order valence-electron chi connectivity index (χ4n) is 2.38. The molecule has 3 aromatic rings. The number of nitrogens with one attached hydrogen (secondary N) is 1. The van der Waals surface area contributed by atoms with Crippen molar-refractivity contribution < 1.29 is 0 Å². The van der Waals surface area contributed by atoms with E-state index in [4.69, 9.17) is 0 Å². The summed E-state index contributed by atoms with van der Waals surface area (Å²) in [6, 6.07) is 10.4. The van der Waals surface area contributed by atoms with Gasteiger partial charge in [0.25, 0.3) is 0 Å². The van der Waals surface area contributed by atoms with Crippen LogP contribution in [0.3, 0.4) is 0 Å². The Morgan fingerprint density at radius 2 is 2.00 bits per heavy atom. The van der Waals surface area contributed by atoms with Gasteiger partial charge in [0, 0.05) is 13.1 Å². The van der Waals surface area contributed by atoms with E-state index in [1.807, 2.05) is 18.6 Å². The van der Waals surface area contributed by atoms with Crippen molar-refractivity contribution in [2.24, 2.45) is 0 Å². The van der Waals surface area contributed by atoms with Gasteiger partial charge in [-0.25, -0.2) is 15.0 Å². The number of nitrogens with zero attached hydrogens (tertiary/aromatic N) is 4. The van der Waals surface area contributed by atoms with E-state index >= 15 is 0 Å². The lowest BCUT2D eigenvalue weighted by Gasteiger charge is -2.06. The highest BCUT2D eigenvalue weighted by atomic mass is 32.2. The van der Waals surface area contributed by atoms with E-state index in [0.717, 1.165) is 42.2 Å². The molecule has 0 saturated carbocycles. The van der Waals surface area contributed by atoms with Crippen molar-refractivity contribution in [2.75, 3.05) is 12.8 Å². The van der Waals surface area contributed by atoms with Crippen LogP contribution in [0, 0.1) is 0 Å². The average Bonchev–Trinajstić information content (AvgIpc) is 2.99. The molecule has 0 aliphatic heterocycles. The van der Waals surface area contributed by atoms with Crippen LogP contribution in [0.2, 0.25) is 0 Å². The Morgan fingerprint density at radius 3 is 2.82 bits per heavy atom. The Morgan fingerprint density at radius 1 is 1.14 bits per heavy atom. The van der Waals surface area contributed by atoms with Crippen molar-refractivity contribution in [3.8, 4) is 0 Å². The Hall–Kier alpha value is -1.92. The van der Waals surface area contributed by atoms with Crippen LogP contribution in [0.4, 0.5) is 0 Å². The Labute approximate surface area is 134 Å². The molecule has 114 valence electrons. The van der Waals surface area contributed by atoms with Crippen LogP contribution in [-0.4, -0.2) is 32.3 Å². The molecular weight excluding hydrogens is 294 g/mol. The summed E-state index contributed by atoms with van der Waals surface area (Å²) in [7, 11) is 0. The summed E-state index contributed by atoms with van der Waals surface area (Å²) < 4.78 is 2.10. The van der Waals surface area contributed by atoms with Crippen molar-refractivity contribution in [3.63, 3.8) is 0 Å². The highest BCUT2D eigenvalue weighted by Crippen LogP contribution is 2.20. The molecule has 0 fully saturated rings. The summed E-state index contributed by atoms with van der Waals surface area (Å²) in [5, 5.41) is 4.40. The highest BCUT2D eigenvalue weighted by molar-refractivity contribution is 7.98. The fraction of sp³-hybridized carbons (Fsp3) is 0.312. The molecule has 0 unspecified atom stereocenters. The molecule has 3 rings (SSSR count). The highest BCUT2D eigenvalue weighted by Gasteiger charge is 2.08. The minimum absolute atomic E-state index is 0.896. The summed E-state index contributed by atoms with van der Waals surface area (Å²) >= 11 is 1.60. The minimum Gasteiger partial charge on any atom is -0.315 e. The molecule has 0 radical (unpaired) electrons. The number of aryl methyl sites for hydroxylation is 1. The van der Waals surface area contributed by atoms with Gasteiger partial charge >= 0.3 is 0 Å². The lowest BCUT2D eigenvalue weighted by Crippen LogP contribution is -2.16. The van der Waals surface area contributed by atoms with Gasteiger partial charge in [0.1, 0.15) is 16.9 Å². The van der Waals surface area contributed by atoms with Crippen molar-refractivity contribution in [1.29, 1.82) is 0 Å². The third-order valence-corrected chi connectivity index (χ3v) is 4.17. The molecule has 22 heavy (non-hydrogen) atoms. The largest absolute Gasteiger partial charge is 0.315 e. The molecule has 0 aliphatic rings. The standard InChI is InChI=1S/C16H19N5S/c1-22-16-14-15(18-11-19-16)21(12-20-14)9-5-8-17-10-13-6-3-2-4-7-13/h2-4,6-7,11-12,17H,5,8-10H2,1H3. The third kappa shape index (κ3) is 3.45. The Balaban J connectivity index is 1.52. The second-order valence-corrected chi connectivity index (χ2v) is 5.80. The van der Waals surface area contributed by atoms with E-state index in [2.05, 4.69) is 49.1 Å². The number of benzene rings is 1. The molecule has 0 atom stereocenters. The summed E-state index contributed by atoms with van der Waals surface area (Å²) in [6.07, 6.45) is 6.52. The number of thioether (sulfide) groups is 1. The van der Waals surface area contributed by atoms with Crippen LogP contribution in [0.25, 0.3) is 11.2 Å². The zero-order valence-corrected chi connectivity index (χ0v) is 13.4. The van der Waals surface area contributed by atoms with Crippen LogP contribution < -0.4 is 5.32 Å². The molecule has 2 heterocycles. The van der Waals surface area contributed by atoms with E-state index < -0.39 is 0 Å². The molecule has 0 bridgehead atoms. The number of hydrogen-bond acceptors (Lipinski definition) is 5. The van der Waals surface area contributed by atoms with Gasteiger partial charge in [-0.1, -0.05) is 30.3 Å². The summed E-state index contributed by atoms with van der Waals surface area (Å²) in [5.74, 6) is 0. The molecule has 1 aromatic carbocycles. The number of hydrogen-bond donors (Lipinski definition) is 1. The smallest absolute Gasteiger partial charge is 0.164 e. The zero-order chi connectivity index (χ0) is 15.2. The molecule has 6 heteroatoms. The molecule has 0 spiro atoms. The Kier molecular flexibility index (Phi) is 5.03. The second kappa shape index (κ2) is 7.38. The summed E-state index contributed by atoms with van der Waals surface area (Å²) in [4.78, 5) is 13.0. The molecule has 0 saturated heterocycles. The van der Waals surface area contributed by atoms with Gasteiger partial charge in [0.15, 0.2) is 5.65 Å². The van der Waals surface area contributed by atoms with Gasteiger partial charge in [0.2, 0.25) is 0 Å². The lowest BCUT2D eigenvalue weighted by molar-refractivity contribution is 0.586. The second-order valence-electron chi connectivity index (χ2n) is 5.01. The van der Waals surface area contributed by atoms with E-state index in [-0.39, 0.29) is 0 Å². The van der Waals surface area contributed by atoms with Crippen molar-refractivity contribution >= 4 is 22.9 Å². The van der Waals surface area contributed by atoms with Crippen LogP contribution in [-0.2, 0) is 13.1 Å². The van der Waals surface area contributed by atoms with Crippen molar-refractivity contribution in [2.45, 2.75) is 24.5 Å². The third-order valence-electron chi connectivity index (χ3n) is 3.49. The predicted octanol–water partition coefficient (Wildman–Crippen LogP) is 2.73. The number of aromatic nitrogens is 4. The minimum atomic E-state index is 0.896. The van der Waals surface area contributed by atoms with Crippen LogP contribution in [0.1, 0.15) is 12.0 Å². The molecule has 1 N–H and O–H groups in total. The lowest BCUT2D eigenvalue weighted by atomic mass is 10.2. The van der Waals surface area contributed by atoms with E-state index in [0.29, 0.717) is 0 Å². The van der Waals surface area contributed by atoms with Crippen molar-refractivity contribution in [1.82, 2.24) is 24.8 Å². The molecular formula is C16H19N5S. The maximum absolute atomic E-state index is 4.43. The van der Waals surface area contributed by atoms with Crippen LogP contribution in [0.5, 0.6) is 0 Å². The monoisotopic (exact) mass is 313 g/mol. The van der Waals surface area contributed by atoms with Gasteiger partial charge in [0.05, 0.1) is 6.33 Å². The zero-order valence-electron chi connectivity index (χ0n) is 12.6. The first kappa shape index (κ1) is 15.0. The first-order chi connectivity index (χ1) is 10.9. The van der Waals surface area contributed by atoms with Crippen LogP contribution >= 0.6 is 11.8 Å². The molecule has 0 aliphatic carbocycles. The van der Waals surface area contributed by atoms with Crippen molar-refractivity contribution in [3.05, 3.63) is 48.5 Å². The Bertz CT molecular complexity index is 726. The number of rotatable bonds is 7. The summed E-state index contributed by atoms with van der Waals surface area (Å²) in [5.41, 5.74) is 3.13. The SMILES string of the molecule is CSc1ncnc2c1ncn2CCCNCc1ccccc1. The van der Waals surface area contributed by atoms with E-state index in [9.17, 15) is 0 Å². The van der Waals surface area contributed by atoms with Gasteiger partial charge < -0.3 is 9.88 Å². The number of fused-ring (bicyclic) bond motifs is 1. The fourth-order valence-corrected chi connectivity index (χ4v) is 2.87. The first-order valence-electron chi connectivity index (χ1n) is 7.33. The topological polar surface area (TPSA) is 55.6 Å². The van der Waals surface area contributed by atoms with Gasteiger partial charge in [-0.2, -0.15) is 0 Å². The molecule has 0 amide bonds. The average molecular weight is 313 g/mol. The first-order valence-corrected chi connectivity index (χ1v) is 8.55. The molecule has 2 aromatic heterocycles. The van der Waals surface area contributed by atoms with Crippen LogP contribution in [0.15, 0.2) is 48.0 Å². The van der Waals surface area contributed by atoms with E-state index in [1.54, 1.807) is 18.1 Å². The van der Waals surface area contributed by atoms with Gasteiger partial charge in [-0.3, -0.25) is 0 Å². The normalized spacial score (nSPS) is 11.1. The van der Waals surface area contributed by atoms with Gasteiger partial charge in [-0.15, -0.1) is 11.8 Å². The predicted molar refractivity (Wildman–Crippen MR) is 89.9 cm³/mol. The molecule has 5 nitrogen and oxygen atoms in total. The quantitative estimate of drug-likeness (QED) is 0.413. The number of imidazole rings is 1. The summed E-state index contributed by atoms with van der Waals surface area (Å²) in [6.45, 7) is 2.78.